The van der Waals surface area contributed by atoms with Crippen LogP contribution in [0, 0.1) is 0 Å². The van der Waals surface area contributed by atoms with E-state index < -0.39 is 11.6 Å². The molecule has 0 bridgehead atoms. The van der Waals surface area contributed by atoms with E-state index in [0.717, 1.165) is 21.2 Å². The Morgan fingerprint density at radius 2 is 1.43 bits per heavy atom. The quantitative estimate of drug-likeness (QED) is 0.287. The molecule has 4 nitrogen and oxygen atoms in total. The number of hydrogen-bond donors (Lipinski definition) is 1. The molecule has 1 N–H and O–H groups in total. The Balaban J connectivity index is 1.89. The Morgan fingerprint density at radius 3 is 2.00 bits per heavy atom. The van der Waals surface area contributed by atoms with Gasteiger partial charge in [0.05, 0.1) is 0 Å². The lowest BCUT2D eigenvalue weighted by Gasteiger charge is -2.34. The molecule has 0 aromatic heterocycles. The summed E-state index contributed by atoms with van der Waals surface area (Å²) in [6.07, 6.45) is 1.42. The van der Waals surface area contributed by atoms with E-state index in [1.165, 1.54) is 5.56 Å². The van der Waals surface area contributed by atoms with Crippen LogP contribution in [0.4, 0.5) is 0 Å². The first kappa shape index (κ1) is 28.6. The molecule has 0 fully saturated rings. The number of nitrogens with one attached hydrogen (secondary N) is 1. The van der Waals surface area contributed by atoms with E-state index in [1.54, 1.807) is 4.90 Å². The minimum Gasteiger partial charge on any atom is -0.350 e. The molecule has 3 aromatic carbocycles. The molecule has 196 valence electrons. The van der Waals surface area contributed by atoms with Crippen LogP contribution in [0.25, 0.3) is 0 Å². The van der Waals surface area contributed by atoms with Crippen LogP contribution in [0.5, 0.6) is 0 Å². The van der Waals surface area contributed by atoms with Gasteiger partial charge in [-0.1, -0.05) is 96.5 Å². The number of amides is 2. The van der Waals surface area contributed by atoms with Crippen LogP contribution >= 0.6 is 15.9 Å². The van der Waals surface area contributed by atoms with E-state index in [2.05, 4.69) is 59.4 Å². The molecule has 37 heavy (non-hydrogen) atoms. The van der Waals surface area contributed by atoms with Crippen molar-refractivity contribution >= 4 is 27.7 Å². The van der Waals surface area contributed by atoms with Crippen molar-refractivity contribution < 1.29 is 9.59 Å². The molecule has 2 amide bonds. The molecule has 0 saturated carbocycles. The predicted octanol–water partition coefficient (Wildman–Crippen LogP) is 7.06. The lowest BCUT2D eigenvalue weighted by molar-refractivity contribution is -0.141. The summed E-state index contributed by atoms with van der Waals surface area (Å²) >= 11 is 3.49. The fraction of sp³-hybridized carbons (Fsp3) is 0.375. The van der Waals surface area contributed by atoms with Crippen LogP contribution < -0.4 is 5.32 Å². The van der Waals surface area contributed by atoms with Crippen molar-refractivity contribution in [2.45, 2.75) is 77.9 Å². The predicted molar refractivity (Wildman–Crippen MR) is 155 cm³/mol. The summed E-state index contributed by atoms with van der Waals surface area (Å²) in [4.78, 5) is 29.2. The largest absolute Gasteiger partial charge is 0.350 e. The summed E-state index contributed by atoms with van der Waals surface area (Å²) in [5.74, 6) is 0.307. The highest BCUT2D eigenvalue weighted by molar-refractivity contribution is 9.10. The lowest BCUT2D eigenvalue weighted by Crippen LogP contribution is -2.54. The van der Waals surface area contributed by atoms with Crippen LogP contribution in [0.1, 0.15) is 69.2 Å². The van der Waals surface area contributed by atoms with E-state index in [1.807, 2.05) is 75.4 Å². The maximum Gasteiger partial charge on any atom is 0.243 e. The number of benzene rings is 3. The number of halogens is 1. The van der Waals surface area contributed by atoms with E-state index in [4.69, 9.17) is 0 Å². The maximum absolute atomic E-state index is 13.8. The van der Waals surface area contributed by atoms with E-state index in [-0.39, 0.29) is 11.8 Å². The Labute approximate surface area is 230 Å². The summed E-state index contributed by atoms with van der Waals surface area (Å²) in [7, 11) is 0. The summed E-state index contributed by atoms with van der Waals surface area (Å²) < 4.78 is 0.977. The fourth-order valence-electron chi connectivity index (χ4n) is 4.26. The van der Waals surface area contributed by atoms with Gasteiger partial charge in [0.25, 0.3) is 0 Å². The first-order valence-corrected chi connectivity index (χ1v) is 13.8. The van der Waals surface area contributed by atoms with Gasteiger partial charge in [0.15, 0.2) is 0 Å². The first-order valence-electron chi connectivity index (χ1n) is 13.0. The smallest absolute Gasteiger partial charge is 0.243 e. The molecule has 3 rings (SSSR count). The molecule has 0 aliphatic carbocycles. The molecule has 0 aliphatic rings. The third-order valence-corrected chi connectivity index (χ3v) is 6.84. The van der Waals surface area contributed by atoms with Gasteiger partial charge in [0, 0.05) is 29.4 Å². The number of aryl methyl sites for hydroxylation is 1. The number of nitrogens with zero attached hydrogens (tertiary/aromatic N) is 1. The SMILES string of the molecule is CC(C)c1ccc(CCC(=O)N(Cc2ccc(Br)cc2)C(Cc2ccccc2)C(=O)NC(C)(C)C)cc1. The Hall–Kier alpha value is -2.92. The van der Waals surface area contributed by atoms with Crippen molar-refractivity contribution in [3.8, 4) is 0 Å². The second-order valence-corrected chi connectivity index (χ2v) is 11.9. The van der Waals surface area contributed by atoms with Gasteiger partial charge < -0.3 is 10.2 Å². The van der Waals surface area contributed by atoms with Crippen molar-refractivity contribution in [3.63, 3.8) is 0 Å². The molecule has 0 heterocycles. The van der Waals surface area contributed by atoms with Crippen LogP contribution in [0.2, 0.25) is 0 Å². The molecular weight excluding hydrogens is 524 g/mol. The maximum atomic E-state index is 13.8. The average Bonchev–Trinajstić information content (AvgIpc) is 2.85. The molecule has 0 radical (unpaired) electrons. The highest BCUT2D eigenvalue weighted by Crippen LogP contribution is 2.20. The number of hydrogen-bond acceptors (Lipinski definition) is 2. The molecule has 5 heteroatoms. The van der Waals surface area contributed by atoms with Gasteiger partial charge in [-0.15, -0.1) is 0 Å². The second-order valence-electron chi connectivity index (χ2n) is 11.0. The van der Waals surface area contributed by atoms with Gasteiger partial charge in [0.2, 0.25) is 11.8 Å². The topological polar surface area (TPSA) is 49.4 Å². The Bertz CT molecular complexity index is 1150. The van der Waals surface area contributed by atoms with Gasteiger partial charge in [-0.25, -0.2) is 0 Å². The van der Waals surface area contributed by atoms with Crippen molar-refractivity contribution in [1.29, 1.82) is 0 Å². The third kappa shape index (κ3) is 9.15. The van der Waals surface area contributed by atoms with Gasteiger partial charge in [-0.2, -0.15) is 0 Å². The number of carbonyl (C=O) groups excluding carboxylic acids is 2. The van der Waals surface area contributed by atoms with Gasteiger partial charge in [0.1, 0.15) is 6.04 Å². The normalized spacial score (nSPS) is 12.3. The lowest BCUT2D eigenvalue weighted by atomic mass is 9.98. The highest BCUT2D eigenvalue weighted by atomic mass is 79.9. The van der Waals surface area contributed by atoms with Gasteiger partial charge in [-0.05, 0) is 67.5 Å². The highest BCUT2D eigenvalue weighted by Gasteiger charge is 2.32. The first-order chi connectivity index (χ1) is 17.5. The van der Waals surface area contributed by atoms with E-state index >= 15 is 0 Å². The van der Waals surface area contributed by atoms with Crippen LogP contribution in [0.3, 0.4) is 0 Å². The Morgan fingerprint density at radius 1 is 0.838 bits per heavy atom. The van der Waals surface area contributed by atoms with E-state index in [9.17, 15) is 9.59 Å². The average molecular weight is 564 g/mol. The van der Waals surface area contributed by atoms with Crippen LogP contribution in [-0.4, -0.2) is 28.3 Å². The minimum atomic E-state index is -0.624. The van der Waals surface area contributed by atoms with Crippen LogP contribution in [-0.2, 0) is 29.0 Å². The summed E-state index contributed by atoms with van der Waals surface area (Å²) in [6.45, 7) is 10.6. The standard InChI is InChI=1S/C32H39BrN2O2/c1-23(2)27-16-11-24(12-17-27)15-20-30(36)35(22-26-13-18-28(33)19-14-26)29(31(37)34-32(3,4)5)21-25-9-7-6-8-10-25/h6-14,16-19,23,29H,15,20-22H2,1-5H3,(H,34,37). The van der Waals surface area contributed by atoms with Crippen molar-refractivity contribution in [2.24, 2.45) is 0 Å². The Kier molecular flexibility index (Phi) is 10.1. The molecule has 0 saturated heterocycles. The summed E-state index contributed by atoms with van der Waals surface area (Å²) in [6, 6.07) is 25.7. The molecular formula is C32H39BrN2O2. The molecule has 1 atom stereocenters. The molecule has 1 unspecified atom stereocenters. The zero-order valence-corrected chi connectivity index (χ0v) is 24.2. The van der Waals surface area contributed by atoms with Crippen molar-refractivity contribution in [3.05, 3.63) is 106 Å². The number of carbonyl (C=O) groups is 2. The zero-order valence-electron chi connectivity index (χ0n) is 22.6. The van der Waals surface area contributed by atoms with E-state index in [0.29, 0.717) is 31.7 Å². The van der Waals surface area contributed by atoms with Crippen LogP contribution in [0.15, 0.2) is 83.3 Å². The van der Waals surface area contributed by atoms with Gasteiger partial charge in [-0.3, -0.25) is 9.59 Å². The third-order valence-electron chi connectivity index (χ3n) is 6.31. The zero-order chi connectivity index (χ0) is 27.0. The number of rotatable bonds is 10. The minimum absolute atomic E-state index is 0.0270. The van der Waals surface area contributed by atoms with Crippen molar-refractivity contribution in [2.75, 3.05) is 0 Å². The summed E-state index contributed by atoms with van der Waals surface area (Å²) in [5, 5.41) is 3.12. The second kappa shape index (κ2) is 13.0. The summed E-state index contributed by atoms with van der Waals surface area (Å²) in [5.41, 5.74) is 4.01. The molecule has 0 aliphatic heterocycles. The van der Waals surface area contributed by atoms with Gasteiger partial charge >= 0.3 is 0 Å². The fourth-order valence-corrected chi connectivity index (χ4v) is 4.52. The molecule has 3 aromatic rings. The van der Waals surface area contributed by atoms with Crippen molar-refractivity contribution in [1.82, 2.24) is 10.2 Å². The monoisotopic (exact) mass is 562 g/mol. The molecule has 0 spiro atoms.